The van der Waals surface area contributed by atoms with E-state index >= 15 is 0 Å². The van der Waals surface area contributed by atoms with Gasteiger partial charge in [-0.3, -0.25) is 9.59 Å². The lowest BCUT2D eigenvalue weighted by Crippen LogP contribution is -2.47. The van der Waals surface area contributed by atoms with Crippen molar-refractivity contribution in [1.82, 2.24) is 4.90 Å². The van der Waals surface area contributed by atoms with Gasteiger partial charge < -0.3 is 19.2 Å². The summed E-state index contributed by atoms with van der Waals surface area (Å²) in [5.74, 6) is -1.99. The molecule has 2 aromatic carbocycles. The Labute approximate surface area is 193 Å². The van der Waals surface area contributed by atoms with Crippen LogP contribution in [0, 0.1) is 11.7 Å². The number of hydrogen-bond donors (Lipinski definition) is 1. The number of carbonyl (C=O) groups excluding carboxylic acids is 1. The zero-order valence-corrected chi connectivity index (χ0v) is 18.5. The Morgan fingerprint density at radius 1 is 1.21 bits per heavy atom. The monoisotopic (exact) mass is 473 g/mol. The number of hydrogen-bond acceptors (Lipinski definition) is 5. The molecule has 0 saturated carbocycles. The molecule has 2 heterocycles. The minimum Gasteiger partial charge on any atom is -0.481 e. The molecule has 172 valence electrons. The van der Waals surface area contributed by atoms with Gasteiger partial charge in [0.1, 0.15) is 17.1 Å². The minimum absolute atomic E-state index is 0.149. The Balaban J connectivity index is 1.59. The van der Waals surface area contributed by atoms with E-state index in [4.69, 9.17) is 20.8 Å². The number of fused-ring (bicyclic) bond motifs is 1. The maximum Gasteiger partial charge on any atom is 0.336 e. The average Bonchev–Trinajstić information content (AvgIpc) is 2.78. The molecule has 1 aliphatic heterocycles. The molecular formula is C24H21ClFNO6. The van der Waals surface area contributed by atoms with Crippen LogP contribution in [-0.2, 0) is 9.59 Å². The molecule has 0 spiro atoms. The highest BCUT2D eigenvalue weighted by Crippen LogP contribution is 2.34. The van der Waals surface area contributed by atoms with Crippen LogP contribution in [0.15, 0.2) is 51.7 Å². The number of nitrogens with zero attached hydrogens (tertiary/aromatic N) is 1. The number of carboxylic acids is 1. The van der Waals surface area contributed by atoms with Crippen molar-refractivity contribution >= 4 is 34.4 Å². The first-order chi connectivity index (χ1) is 15.7. The van der Waals surface area contributed by atoms with Crippen LogP contribution in [0.4, 0.5) is 4.39 Å². The molecule has 1 aromatic heterocycles. The van der Waals surface area contributed by atoms with Gasteiger partial charge in [-0.15, -0.1) is 0 Å². The fourth-order valence-corrected chi connectivity index (χ4v) is 4.31. The van der Waals surface area contributed by atoms with Gasteiger partial charge in [0, 0.05) is 41.7 Å². The van der Waals surface area contributed by atoms with E-state index in [0.29, 0.717) is 41.6 Å². The van der Waals surface area contributed by atoms with Crippen molar-refractivity contribution in [2.24, 2.45) is 5.92 Å². The Bertz CT molecular complexity index is 1290. The average molecular weight is 474 g/mol. The highest BCUT2D eigenvalue weighted by atomic mass is 35.5. The predicted molar refractivity (Wildman–Crippen MR) is 120 cm³/mol. The maximum absolute atomic E-state index is 13.5. The fraction of sp³-hybridized carbons (Fsp3) is 0.292. The van der Waals surface area contributed by atoms with Crippen LogP contribution < -0.4 is 10.4 Å². The second-order valence-electron chi connectivity index (χ2n) is 7.98. The number of aliphatic carboxylic acids is 1. The molecule has 2 atom stereocenters. The molecule has 0 aliphatic carbocycles. The molecule has 1 amide bonds. The fourth-order valence-electron chi connectivity index (χ4n) is 4.04. The summed E-state index contributed by atoms with van der Waals surface area (Å²) in [6.07, 6.45) is 0.292. The SMILES string of the molecule is C[C@H](Oc1ccc2c(-c3ccc(F)cc3Cl)cc(=O)oc2c1)C(=O)N1CCC[C@H](C(=O)O)C1. The summed E-state index contributed by atoms with van der Waals surface area (Å²) in [6.45, 7) is 2.21. The number of carbonyl (C=O) groups is 2. The summed E-state index contributed by atoms with van der Waals surface area (Å²) in [6, 6.07) is 9.98. The summed E-state index contributed by atoms with van der Waals surface area (Å²) >= 11 is 6.18. The van der Waals surface area contributed by atoms with Gasteiger partial charge >= 0.3 is 11.6 Å². The van der Waals surface area contributed by atoms with Crippen molar-refractivity contribution in [3.05, 3.63) is 63.7 Å². The van der Waals surface area contributed by atoms with Gasteiger partial charge in [0.25, 0.3) is 5.91 Å². The van der Waals surface area contributed by atoms with Crippen molar-refractivity contribution in [2.75, 3.05) is 13.1 Å². The number of halogens is 2. The lowest BCUT2D eigenvalue weighted by atomic mass is 9.98. The Morgan fingerprint density at radius 3 is 2.73 bits per heavy atom. The van der Waals surface area contributed by atoms with E-state index in [9.17, 15) is 23.9 Å². The first-order valence-electron chi connectivity index (χ1n) is 10.4. The minimum atomic E-state index is -0.914. The number of amides is 1. The lowest BCUT2D eigenvalue weighted by Gasteiger charge is -2.32. The Kier molecular flexibility index (Phi) is 6.37. The van der Waals surface area contributed by atoms with Crippen molar-refractivity contribution in [2.45, 2.75) is 25.9 Å². The third-order valence-corrected chi connectivity index (χ3v) is 5.99. The quantitative estimate of drug-likeness (QED) is 0.553. The van der Waals surface area contributed by atoms with Crippen LogP contribution in [0.1, 0.15) is 19.8 Å². The van der Waals surface area contributed by atoms with Crippen molar-refractivity contribution in [3.63, 3.8) is 0 Å². The maximum atomic E-state index is 13.5. The highest BCUT2D eigenvalue weighted by Gasteiger charge is 2.31. The van der Waals surface area contributed by atoms with E-state index < -0.39 is 29.4 Å². The molecule has 9 heteroatoms. The van der Waals surface area contributed by atoms with Crippen molar-refractivity contribution < 1.29 is 28.2 Å². The van der Waals surface area contributed by atoms with E-state index in [0.717, 1.165) is 6.07 Å². The normalized spacial score (nSPS) is 17.1. The first-order valence-corrected chi connectivity index (χ1v) is 10.8. The molecule has 3 aromatic rings. The lowest BCUT2D eigenvalue weighted by molar-refractivity contribution is -0.147. The third-order valence-electron chi connectivity index (χ3n) is 5.68. The largest absolute Gasteiger partial charge is 0.481 e. The zero-order chi connectivity index (χ0) is 23.7. The molecule has 7 nitrogen and oxygen atoms in total. The van der Waals surface area contributed by atoms with Gasteiger partial charge in [-0.2, -0.15) is 0 Å². The summed E-state index contributed by atoms with van der Waals surface area (Å²) in [5, 5.41) is 9.96. The number of ether oxygens (including phenoxy) is 1. The van der Waals surface area contributed by atoms with Gasteiger partial charge in [0.15, 0.2) is 6.10 Å². The number of benzene rings is 2. The summed E-state index contributed by atoms with van der Waals surface area (Å²) in [5.41, 5.74) is 0.562. The number of piperidine rings is 1. The molecule has 1 saturated heterocycles. The molecule has 1 fully saturated rings. The number of rotatable bonds is 5. The number of carboxylic acid groups (broad SMARTS) is 1. The summed E-state index contributed by atoms with van der Waals surface area (Å²) in [7, 11) is 0. The highest BCUT2D eigenvalue weighted by molar-refractivity contribution is 6.33. The summed E-state index contributed by atoms with van der Waals surface area (Å²) in [4.78, 5) is 37.7. The number of likely N-dealkylation sites (tertiary alicyclic amines) is 1. The van der Waals surface area contributed by atoms with E-state index in [1.807, 2.05) is 0 Å². The third kappa shape index (κ3) is 4.85. The van der Waals surface area contributed by atoms with Crippen LogP contribution in [0.2, 0.25) is 5.02 Å². The van der Waals surface area contributed by atoms with E-state index in [1.165, 1.54) is 29.2 Å². The second kappa shape index (κ2) is 9.23. The van der Waals surface area contributed by atoms with Crippen LogP contribution in [0.3, 0.4) is 0 Å². The van der Waals surface area contributed by atoms with E-state index in [-0.39, 0.29) is 23.1 Å². The Morgan fingerprint density at radius 2 is 2.00 bits per heavy atom. The van der Waals surface area contributed by atoms with Gasteiger partial charge in [0.2, 0.25) is 0 Å². The molecule has 0 radical (unpaired) electrons. The second-order valence-corrected chi connectivity index (χ2v) is 8.39. The molecular weight excluding hydrogens is 453 g/mol. The standard InChI is InChI=1S/C24H21ClFNO6/c1-13(23(29)27-8-2-3-14(12-27)24(30)31)32-16-5-7-18-19(11-22(28)33-21(18)10-16)17-6-4-15(26)9-20(17)25/h4-7,9-11,13-14H,2-3,8,12H2,1H3,(H,30,31)/t13-,14-/m0/s1. The van der Waals surface area contributed by atoms with Crippen molar-refractivity contribution in [1.29, 1.82) is 0 Å². The molecule has 0 unspecified atom stereocenters. The first kappa shape index (κ1) is 22.8. The molecule has 0 bridgehead atoms. The Hall–Kier alpha value is -3.39. The van der Waals surface area contributed by atoms with Gasteiger partial charge in [-0.1, -0.05) is 11.6 Å². The van der Waals surface area contributed by atoms with Crippen LogP contribution in [-0.4, -0.2) is 41.1 Å². The smallest absolute Gasteiger partial charge is 0.336 e. The van der Waals surface area contributed by atoms with E-state index in [1.54, 1.807) is 19.1 Å². The molecule has 33 heavy (non-hydrogen) atoms. The molecule has 4 rings (SSSR count). The predicted octanol–water partition coefficient (Wildman–Crippen LogP) is 4.34. The zero-order valence-electron chi connectivity index (χ0n) is 17.7. The topological polar surface area (TPSA) is 97.0 Å². The molecule has 1 aliphatic rings. The molecule has 1 N–H and O–H groups in total. The van der Waals surface area contributed by atoms with Gasteiger partial charge in [-0.25, -0.2) is 9.18 Å². The summed E-state index contributed by atoms with van der Waals surface area (Å²) < 4.78 is 24.5. The van der Waals surface area contributed by atoms with Crippen LogP contribution in [0.25, 0.3) is 22.1 Å². The van der Waals surface area contributed by atoms with E-state index in [2.05, 4.69) is 0 Å². The van der Waals surface area contributed by atoms with Gasteiger partial charge in [-0.05, 0) is 50.1 Å². The van der Waals surface area contributed by atoms with Crippen molar-refractivity contribution in [3.8, 4) is 16.9 Å². The van der Waals surface area contributed by atoms with Gasteiger partial charge in [0.05, 0.1) is 10.9 Å². The van der Waals surface area contributed by atoms with Crippen LogP contribution >= 0.6 is 11.6 Å². The van der Waals surface area contributed by atoms with Crippen LogP contribution in [0.5, 0.6) is 5.75 Å².